The Morgan fingerprint density at radius 2 is 1.77 bits per heavy atom. The number of rotatable bonds is 2. The molecular weight excluding hydrogens is 292 g/mol. The van der Waals surface area contributed by atoms with Crippen molar-refractivity contribution >= 4 is 28.3 Å². The summed E-state index contributed by atoms with van der Waals surface area (Å²) in [6, 6.07) is 18.6. The van der Waals surface area contributed by atoms with Gasteiger partial charge < -0.3 is 0 Å². The molecule has 0 N–H and O–H groups in total. The lowest BCUT2D eigenvalue weighted by Crippen LogP contribution is -2.03. The van der Waals surface area contributed by atoms with Gasteiger partial charge in [0.05, 0.1) is 11.0 Å². The Balaban J connectivity index is 1.82. The van der Waals surface area contributed by atoms with Crippen molar-refractivity contribution in [2.24, 2.45) is 0 Å². The Kier molecular flexibility index (Phi) is 3.32. The molecule has 1 heterocycles. The second-order valence-corrected chi connectivity index (χ2v) is 5.79. The van der Waals surface area contributed by atoms with E-state index in [1.807, 2.05) is 28.8 Å². The van der Waals surface area contributed by atoms with Crippen LogP contribution in [0.5, 0.6) is 0 Å². The van der Waals surface area contributed by atoms with Gasteiger partial charge in [0.25, 0.3) is 0 Å². The first-order valence-electron chi connectivity index (χ1n) is 7.39. The van der Waals surface area contributed by atoms with Crippen LogP contribution < -0.4 is 0 Å². The van der Waals surface area contributed by atoms with E-state index in [2.05, 4.69) is 53.5 Å². The zero-order valence-electron chi connectivity index (χ0n) is 12.0. The molecule has 0 saturated carbocycles. The average molecular weight is 307 g/mol. The lowest BCUT2D eigenvalue weighted by Gasteiger charge is -2.18. The highest BCUT2D eigenvalue weighted by Crippen LogP contribution is 2.32. The maximum atomic E-state index is 6.37. The molecule has 1 aromatic heterocycles. The highest BCUT2D eigenvalue weighted by molar-refractivity contribution is 6.29. The summed E-state index contributed by atoms with van der Waals surface area (Å²) < 4.78 is 2.02. The molecule has 1 atom stereocenters. The summed E-state index contributed by atoms with van der Waals surface area (Å²) >= 11 is 6.37. The van der Waals surface area contributed by atoms with E-state index in [1.165, 1.54) is 5.56 Å². The van der Waals surface area contributed by atoms with Crippen molar-refractivity contribution in [1.29, 1.82) is 0 Å². The average Bonchev–Trinajstić information content (AvgIpc) is 2.91. The van der Waals surface area contributed by atoms with E-state index in [9.17, 15) is 0 Å². The number of allylic oxidation sites excluding steroid dienone is 4. The van der Waals surface area contributed by atoms with Gasteiger partial charge in [0.2, 0.25) is 5.28 Å². The molecule has 0 bridgehead atoms. The third-order valence-electron chi connectivity index (χ3n) is 4.06. The van der Waals surface area contributed by atoms with Crippen LogP contribution in [0.2, 0.25) is 5.28 Å². The van der Waals surface area contributed by atoms with Crippen LogP contribution in [-0.4, -0.2) is 9.55 Å². The number of halogens is 1. The molecule has 0 saturated heterocycles. The van der Waals surface area contributed by atoms with Gasteiger partial charge in [0.1, 0.15) is 0 Å². The number of fused-ring (bicyclic) bond motifs is 1. The summed E-state index contributed by atoms with van der Waals surface area (Å²) in [5.74, 6) is 0.374. The van der Waals surface area contributed by atoms with Gasteiger partial charge in [-0.3, -0.25) is 4.57 Å². The molecule has 0 aliphatic heterocycles. The second kappa shape index (κ2) is 5.47. The molecule has 2 nitrogen and oxygen atoms in total. The lowest BCUT2D eigenvalue weighted by atomic mass is 9.91. The van der Waals surface area contributed by atoms with Crippen LogP contribution in [-0.2, 0) is 0 Å². The number of hydrogen-bond acceptors (Lipinski definition) is 1. The summed E-state index contributed by atoms with van der Waals surface area (Å²) in [6.45, 7) is 0. The minimum absolute atomic E-state index is 0.374. The third-order valence-corrected chi connectivity index (χ3v) is 4.31. The molecule has 0 fully saturated rings. The van der Waals surface area contributed by atoms with Crippen LogP contribution >= 0.6 is 11.6 Å². The van der Waals surface area contributed by atoms with Gasteiger partial charge >= 0.3 is 0 Å². The molecule has 0 amide bonds. The molecule has 22 heavy (non-hydrogen) atoms. The number of imidazole rings is 1. The molecule has 4 rings (SSSR count). The van der Waals surface area contributed by atoms with Crippen molar-refractivity contribution in [3.05, 3.63) is 83.7 Å². The van der Waals surface area contributed by atoms with Crippen molar-refractivity contribution in [3.63, 3.8) is 0 Å². The van der Waals surface area contributed by atoms with Gasteiger partial charge in [-0.2, -0.15) is 0 Å². The van der Waals surface area contributed by atoms with Gasteiger partial charge in [0.15, 0.2) is 0 Å². The van der Waals surface area contributed by atoms with E-state index in [-0.39, 0.29) is 0 Å². The highest BCUT2D eigenvalue weighted by Gasteiger charge is 2.16. The predicted molar refractivity (Wildman–Crippen MR) is 92.0 cm³/mol. The maximum Gasteiger partial charge on any atom is 0.208 e. The Hall–Kier alpha value is -2.32. The van der Waals surface area contributed by atoms with Crippen LogP contribution in [0.3, 0.4) is 0 Å². The molecule has 1 aliphatic rings. The van der Waals surface area contributed by atoms with Crippen LogP contribution in [0.1, 0.15) is 17.9 Å². The monoisotopic (exact) mass is 306 g/mol. The zero-order valence-corrected chi connectivity index (χ0v) is 12.7. The minimum atomic E-state index is 0.374. The van der Waals surface area contributed by atoms with Gasteiger partial charge in [-0.1, -0.05) is 54.6 Å². The first-order chi connectivity index (χ1) is 10.8. The summed E-state index contributed by atoms with van der Waals surface area (Å²) in [7, 11) is 0. The minimum Gasteiger partial charge on any atom is -0.283 e. The van der Waals surface area contributed by atoms with E-state index < -0.39 is 0 Å². The van der Waals surface area contributed by atoms with Crippen molar-refractivity contribution in [3.8, 4) is 0 Å². The Morgan fingerprint density at radius 3 is 2.64 bits per heavy atom. The summed E-state index contributed by atoms with van der Waals surface area (Å²) in [6.07, 6.45) is 7.62. The maximum absolute atomic E-state index is 6.37. The summed E-state index contributed by atoms with van der Waals surface area (Å²) in [5.41, 5.74) is 4.37. The standard InChI is InChI=1S/C19H15ClN2/c20-19-21-17-11-4-5-12-18(17)22(19)16-10-6-9-15(13-16)14-7-2-1-3-8-14/h1-8,10-13,15H,9H2. The van der Waals surface area contributed by atoms with Crippen molar-refractivity contribution in [1.82, 2.24) is 9.55 Å². The fourth-order valence-corrected chi connectivity index (χ4v) is 3.27. The molecule has 0 spiro atoms. The predicted octanol–water partition coefficient (Wildman–Crippen LogP) is 5.27. The number of hydrogen-bond donors (Lipinski definition) is 0. The van der Waals surface area contributed by atoms with Crippen LogP contribution in [0.25, 0.3) is 16.7 Å². The molecule has 3 heteroatoms. The number of aromatic nitrogens is 2. The van der Waals surface area contributed by atoms with Gasteiger partial charge in [0, 0.05) is 11.6 Å². The summed E-state index contributed by atoms with van der Waals surface area (Å²) in [4.78, 5) is 4.44. The third kappa shape index (κ3) is 2.26. The Morgan fingerprint density at radius 1 is 1.00 bits per heavy atom. The van der Waals surface area contributed by atoms with E-state index in [1.54, 1.807) is 0 Å². The smallest absolute Gasteiger partial charge is 0.208 e. The number of nitrogens with zero attached hydrogens (tertiary/aromatic N) is 2. The van der Waals surface area contributed by atoms with E-state index >= 15 is 0 Å². The van der Waals surface area contributed by atoms with E-state index in [0.29, 0.717) is 11.2 Å². The fraction of sp³-hybridized carbons (Fsp3) is 0.105. The molecule has 1 unspecified atom stereocenters. The first-order valence-corrected chi connectivity index (χ1v) is 7.77. The zero-order chi connectivity index (χ0) is 14.9. The topological polar surface area (TPSA) is 17.8 Å². The fourth-order valence-electron chi connectivity index (χ4n) is 2.99. The Bertz CT molecular complexity index is 875. The number of benzene rings is 2. The lowest BCUT2D eigenvalue weighted by molar-refractivity contribution is 0.847. The molecule has 1 aliphatic carbocycles. The molecule has 3 aromatic rings. The number of para-hydroxylation sites is 2. The first kappa shape index (κ1) is 13.4. The van der Waals surface area contributed by atoms with Crippen molar-refractivity contribution in [2.75, 3.05) is 0 Å². The van der Waals surface area contributed by atoms with Crippen LogP contribution in [0.4, 0.5) is 0 Å². The normalized spacial score (nSPS) is 17.7. The van der Waals surface area contributed by atoms with Crippen molar-refractivity contribution in [2.45, 2.75) is 12.3 Å². The quantitative estimate of drug-likeness (QED) is 0.630. The van der Waals surface area contributed by atoms with Crippen molar-refractivity contribution < 1.29 is 0 Å². The molecular formula is C19H15ClN2. The molecule has 0 radical (unpaired) electrons. The van der Waals surface area contributed by atoms with Gasteiger partial charge in [-0.05, 0) is 41.8 Å². The Labute approximate surface area is 134 Å². The van der Waals surface area contributed by atoms with E-state index in [4.69, 9.17) is 11.6 Å². The van der Waals surface area contributed by atoms with Crippen LogP contribution in [0, 0.1) is 0 Å². The highest BCUT2D eigenvalue weighted by atomic mass is 35.5. The molecule has 2 aromatic carbocycles. The second-order valence-electron chi connectivity index (χ2n) is 5.45. The SMILES string of the molecule is Clc1nc2ccccc2n1C1=CC(c2ccccc2)CC=C1. The largest absolute Gasteiger partial charge is 0.283 e. The van der Waals surface area contributed by atoms with Crippen LogP contribution in [0.15, 0.2) is 72.8 Å². The molecule has 108 valence electrons. The summed E-state index contributed by atoms with van der Waals surface area (Å²) in [5, 5.41) is 0.505. The van der Waals surface area contributed by atoms with E-state index in [0.717, 1.165) is 23.2 Å². The van der Waals surface area contributed by atoms with Gasteiger partial charge in [-0.15, -0.1) is 0 Å². The van der Waals surface area contributed by atoms with Gasteiger partial charge in [-0.25, -0.2) is 4.98 Å².